The van der Waals surface area contributed by atoms with Crippen LogP contribution in [0.1, 0.15) is 23.2 Å². The molecule has 2 aromatic carbocycles. The number of sulfonamides is 1. The Labute approximate surface area is 177 Å². The third-order valence-electron chi connectivity index (χ3n) is 3.93. The largest absolute Gasteiger partial charge is 0.332 e. The Balaban J connectivity index is 1.68. The van der Waals surface area contributed by atoms with Crippen LogP contribution in [0.3, 0.4) is 0 Å². The molecule has 0 aliphatic carbocycles. The minimum Gasteiger partial charge on any atom is -0.332 e. The van der Waals surface area contributed by atoms with Crippen LogP contribution in [0.2, 0.25) is 5.02 Å². The molecule has 0 spiro atoms. The second kappa shape index (κ2) is 8.85. The lowest BCUT2D eigenvalue weighted by Gasteiger charge is -2.12. The van der Waals surface area contributed by atoms with Gasteiger partial charge in [0.15, 0.2) is 5.11 Å². The highest BCUT2D eigenvalue weighted by molar-refractivity contribution is 7.90. The first-order valence-electron chi connectivity index (χ1n) is 8.48. The van der Waals surface area contributed by atoms with Gasteiger partial charge in [0.2, 0.25) is 0 Å². The van der Waals surface area contributed by atoms with E-state index in [4.69, 9.17) is 23.8 Å². The number of hydrogen-bond acceptors (Lipinski definition) is 5. The lowest BCUT2D eigenvalue weighted by atomic mass is 10.2. The number of aliphatic imine (C=N–C) groups is 1. The van der Waals surface area contributed by atoms with Crippen molar-refractivity contribution in [1.82, 2.24) is 10.0 Å². The molecule has 0 saturated carbocycles. The molecule has 0 bridgehead atoms. The minimum atomic E-state index is -3.78. The summed E-state index contributed by atoms with van der Waals surface area (Å²) in [7, 11) is -3.78. The second-order valence-corrected chi connectivity index (χ2v) is 8.60. The molecule has 1 aliphatic heterocycles. The normalized spacial score (nSPS) is 13.5. The summed E-state index contributed by atoms with van der Waals surface area (Å²) in [5.41, 5.74) is 0.409. The number of carbonyl (C=O) groups excluding carboxylic acids is 1. The number of amides is 1. The Kier molecular flexibility index (Phi) is 6.46. The van der Waals surface area contributed by atoms with E-state index in [2.05, 4.69) is 20.3 Å². The Morgan fingerprint density at radius 2 is 2.00 bits per heavy atom. The van der Waals surface area contributed by atoms with E-state index in [9.17, 15) is 17.6 Å². The fraction of sp³-hybridized carbons (Fsp3) is 0.167. The van der Waals surface area contributed by atoms with Gasteiger partial charge in [0.25, 0.3) is 15.9 Å². The van der Waals surface area contributed by atoms with Crippen LogP contribution in [0.5, 0.6) is 0 Å². The molecular formula is C18H16ClFN4O3S2. The number of carbonyl (C=O) groups is 1. The second-order valence-electron chi connectivity index (χ2n) is 6.10. The molecule has 1 heterocycles. The van der Waals surface area contributed by atoms with Gasteiger partial charge in [0, 0.05) is 18.7 Å². The fourth-order valence-corrected chi connectivity index (χ4v) is 4.18. The van der Waals surface area contributed by atoms with Crippen LogP contribution < -0.4 is 15.4 Å². The van der Waals surface area contributed by atoms with E-state index in [1.54, 1.807) is 6.07 Å². The number of thiocarbonyl (C=S) groups is 1. The molecule has 3 N–H and O–H groups in total. The number of benzene rings is 2. The summed E-state index contributed by atoms with van der Waals surface area (Å²) >= 11 is 11.0. The standard InChI is InChI=1S/C18H16ClFN4O3S2/c19-15-9-11(20)6-7-14(15)17(25)23-18(28)22-12-3-1-4-13(10-12)29(26,27)24-16-5-2-8-21-16/h1,3-4,6-7,9-10H,2,5,8H2,(H,21,24)(H2,22,23,25,28). The smallest absolute Gasteiger partial charge is 0.262 e. The predicted molar refractivity (Wildman–Crippen MR) is 113 cm³/mol. The van der Waals surface area contributed by atoms with E-state index in [1.807, 2.05) is 0 Å². The van der Waals surface area contributed by atoms with Crippen molar-refractivity contribution in [1.29, 1.82) is 0 Å². The Morgan fingerprint density at radius 3 is 2.69 bits per heavy atom. The maximum Gasteiger partial charge on any atom is 0.262 e. The van der Waals surface area contributed by atoms with Crippen molar-refractivity contribution in [3.63, 3.8) is 0 Å². The Hall–Kier alpha value is -2.56. The van der Waals surface area contributed by atoms with Crippen molar-refractivity contribution >= 4 is 56.4 Å². The zero-order valence-corrected chi connectivity index (χ0v) is 17.3. The van der Waals surface area contributed by atoms with Crippen molar-refractivity contribution in [3.05, 3.63) is 58.9 Å². The molecular weight excluding hydrogens is 439 g/mol. The lowest BCUT2D eigenvalue weighted by molar-refractivity contribution is 0.0978. The van der Waals surface area contributed by atoms with Crippen LogP contribution in [0.25, 0.3) is 0 Å². The molecule has 0 aromatic heterocycles. The van der Waals surface area contributed by atoms with Crippen LogP contribution in [0, 0.1) is 5.82 Å². The fourth-order valence-electron chi connectivity index (χ4n) is 2.58. The number of rotatable bonds is 4. The summed E-state index contributed by atoms with van der Waals surface area (Å²) in [5.74, 6) is -0.762. The van der Waals surface area contributed by atoms with Crippen LogP contribution >= 0.6 is 23.8 Å². The zero-order valence-electron chi connectivity index (χ0n) is 14.9. The van der Waals surface area contributed by atoms with Gasteiger partial charge in [0.05, 0.1) is 15.5 Å². The third kappa shape index (κ3) is 5.49. The van der Waals surface area contributed by atoms with E-state index in [-0.39, 0.29) is 20.6 Å². The summed E-state index contributed by atoms with van der Waals surface area (Å²) in [4.78, 5) is 16.4. The van der Waals surface area contributed by atoms with E-state index in [1.165, 1.54) is 24.3 Å². The first-order valence-corrected chi connectivity index (χ1v) is 10.7. The van der Waals surface area contributed by atoms with Crippen molar-refractivity contribution in [2.75, 3.05) is 11.9 Å². The molecule has 29 heavy (non-hydrogen) atoms. The van der Waals surface area contributed by atoms with Crippen molar-refractivity contribution in [3.8, 4) is 0 Å². The highest BCUT2D eigenvalue weighted by Gasteiger charge is 2.19. The quantitative estimate of drug-likeness (QED) is 0.616. The van der Waals surface area contributed by atoms with Crippen LogP contribution in [0.4, 0.5) is 10.1 Å². The molecule has 1 aliphatic rings. The molecule has 7 nitrogen and oxygen atoms in total. The molecule has 2 aromatic rings. The number of anilines is 1. The molecule has 0 radical (unpaired) electrons. The van der Waals surface area contributed by atoms with E-state index in [0.29, 0.717) is 24.5 Å². The van der Waals surface area contributed by atoms with Crippen molar-refractivity contribution in [2.24, 2.45) is 4.99 Å². The predicted octanol–water partition coefficient (Wildman–Crippen LogP) is 3.08. The molecule has 3 rings (SSSR count). The summed E-state index contributed by atoms with van der Waals surface area (Å²) in [6.07, 6.45) is 1.39. The molecule has 11 heteroatoms. The summed E-state index contributed by atoms with van der Waals surface area (Å²) < 4.78 is 40.5. The van der Waals surface area contributed by atoms with Crippen molar-refractivity contribution < 1.29 is 17.6 Å². The van der Waals surface area contributed by atoms with Gasteiger partial charge < -0.3 is 5.32 Å². The van der Waals surface area contributed by atoms with Gasteiger partial charge in [-0.05, 0) is 55.0 Å². The van der Waals surface area contributed by atoms with Gasteiger partial charge in [-0.15, -0.1) is 0 Å². The Bertz CT molecular complexity index is 1110. The topological polar surface area (TPSA) is 99.7 Å². The average Bonchev–Trinajstić information content (AvgIpc) is 3.14. The molecule has 0 fully saturated rings. The van der Waals surface area contributed by atoms with E-state index < -0.39 is 21.7 Å². The van der Waals surface area contributed by atoms with E-state index in [0.717, 1.165) is 18.6 Å². The maximum absolute atomic E-state index is 13.1. The first-order chi connectivity index (χ1) is 13.7. The van der Waals surface area contributed by atoms with Gasteiger partial charge in [0.1, 0.15) is 11.7 Å². The Morgan fingerprint density at radius 1 is 1.21 bits per heavy atom. The molecule has 152 valence electrons. The summed E-state index contributed by atoms with van der Waals surface area (Å²) in [6.45, 7) is 0.603. The molecule has 0 unspecified atom stereocenters. The van der Waals surface area contributed by atoms with Gasteiger partial charge >= 0.3 is 0 Å². The third-order valence-corrected chi connectivity index (χ3v) is 5.83. The zero-order chi connectivity index (χ0) is 21.0. The lowest BCUT2D eigenvalue weighted by Crippen LogP contribution is -2.34. The highest BCUT2D eigenvalue weighted by atomic mass is 35.5. The number of hydrogen-bond donors (Lipinski definition) is 3. The number of nitrogens with one attached hydrogen (secondary N) is 3. The average molecular weight is 455 g/mol. The van der Waals surface area contributed by atoms with Crippen LogP contribution in [-0.2, 0) is 10.0 Å². The number of amidine groups is 1. The molecule has 0 atom stereocenters. The highest BCUT2D eigenvalue weighted by Crippen LogP contribution is 2.18. The monoisotopic (exact) mass is 454 g/mol. The summed E-state index contributed by atoms with van der Waals surface area (Å²) in [5, 5.41) is 5.02. The van der Waals surface area contributed by atoms with Gasteiger partial charge in [-0.2, -0.15) is 0 Å². The number of nitrogens with zero attached hydrogens (tertiary/aromatic N) is 1. The number of halogens is 2. The van der Waals surface area contributed by atoms with Gasteiger partial charge in [-0.25, -0.2) is 12.8 Å². The van der Waals surface area contributed by atoms with E-state index >= 15 is 0 Å². The minimum absolute atomic E-state index is 0.0211. The van der Waals surface area contributed by atoms with Crippen LogP contribution in [-0.4, -0.2) is 31.8 Å². The molecule has 1 amide bonds. The SMILES string of the molecule is O=C(NC(=S)Nc1cccc(S(=O)(=O)NC2=NCCC2)c1)c1ccc(F)cc1Cl. The summed E-state index contributed by atoms with van der Waals surface area (Å²) in [6, 6.07) is 9.30. The van der Waals surface area contributed by atoms with Gasteiger partial charge in [-0.3, -0.25) is 19.8 Å². The molecule has 0 saturated heterocycles. The van der Waals surface area contributed by atoms with Crippen molar-refractivity contribution in [2.45, 2.75) is 17.7 Å². The van der Waals surface area contributed by atoms with Gasteiger partial charge in [-0.1, -0.05) is 17.7 Å². The maximum atomic E-state index is 13.1. The van der Waals surface area contributed by atoms with Crippen LogP contribution in [0.15, 0.2) is 52.4 Å². The first kappa shape index (κ1) is 21.2.